The smallest absolute Gasteiger partial charge is 0.445 e. The lowest BCUT2D eigenvalue weighted by molar-refractivity contribution is -0.136. The molecule has 0 aliphatic carbocycles. The van der Waals surface area contributed by atoms with Gasteiger partial charge in [0, 0.05) is 24.1 Å². The minimum absolute atomic E-state index is 0.0421. The Balaban J connectivity index is 1.99. The molecule has 0 unspecified atom stereocenters. The van der Waals surface area contributed by atoms with E-state index in [0.717, 1.165) is 19.1 Å². The number of nitrogens with one attached hydrogen (secondary N) is 3. The molecule has 3 rings (SSSR count). The van der Waals surface area contributed by atoms with Gasteiger partial charge in [0.15, 0.2) is 0 Å². The van der Waals surface area contributed by atoms with Gasteiger partial charge in [-0.05, 0) is 47.9 Å². The highest BCUT2D eigenvalue weighted by Gasteiger charge is 2.50. The minimum Gasteiger partial charge on any atom is -0.445 e. The molecular formula is C32H38F2N6O13P2. The Morgan fingerprint density at radius 1 is 0.836 bits per heavy atom. The summed E-state index contributed by atoms with van der Waals surface area (Å²) in [5, 5.41) is 7.03. The summed E-state index contributed by atoms with van der Waals surface area (Å²) < 4.78 is 61.0. The molecule has 13 N–H and O–H groups in total. The highest BCUT2D eigenvalue weighted by molar-refractivity contribution is 7.52. The third-order valence-corrected chi connectivity index (χ3v) is 9.13. The Morgan fingerprint density at radius 3 is 1.96 bits per heavy atom. The van der Waals surface area contributed by atoms with Crippen LogP contribution in [0, 0.1) is 0 Å². The van der Waals surface area contributed by atoms with E-state index < -0.39 is 86.8 Å². The van der Waals surface area contributed by atoms with Crippen molar-refractivity contribution in [3.63, 3.8) is 0 Å². The second-order valence-electron chi connectivity index (χ2n) is 12.3. The van der Waals surface area contributed by atoms with Crippen LogP contribution in [0.5, 0.6) is 5.75 Å². The summed E-state index contributed by atoms with van der Waals surface area (Å²) in [4.78, 5) is 101. The van der Waals surface area contributed by atoms with Gasteiger partial charge in [0.05, 0.1) is 6.42 Å². The first-order valence-corrected chi connectivity index (χ1v) is 18.9. The van der Waals surface area contributed by atoms with Crippen LogP contribution in [-0.2, 0) is 58.2 Å². The van der Waals surface area contributed by atoms with E-state index in [-0.39, 0.29) is 29.9 Å². The molecule has 55 heavy (non-hydrogen) atoms. The standard InChI is InChI=1S/C32H38F2N6O13P2/c1-31(29(44)38-24(27(37)42)15-26(36)41,16-19-5-9-21(10-6-19)32(33,34)54(46,47)48)40-28(43)25(14-18-7-11-23(12-8-18)53-55(49,50)51)39-30(45)52-17-20-3-2-4-22(35)13-20/h2-13,24-25H,14-17,35H2,1H3,(H2,36,41)(H2,37,42)(H,38,44)(H,39,45)(H,40,43)(H2,46,47,48)(H2,49,50,51)/t24-,25-,31-/m0/s1. The fourth-order valence-corrected chi connectivity index (χ4v) is 5.85. The molecule has 0 fully saturated rings. The number of carbonyl (C=O) groups is 5. The maximum absolute atomic E-state index is 14.3. The number of halogens is 2. The summed E-state index contributed by atoms with van der Waals surface area (Å²) >= 11 is 0. The predicted octanol–water partition coefficient (Wildman–Crippen LogP) is 0.768. The molecule has 0 spiro atoms. The molecule has 23 heteroatoms. The molecular weight excluding hydrogens is 776 g/mol. The Kier molecular flexibility index (Phi) is 14.2. The molecule has 0 aliphatic heterocycles. The highest BCUT2D eigenvalue weighted by Crippen LogP contribution is 2.59. The van der Waals surface area contributed by atoms with Gasteiger partial charge < -0.3 is 52.2 Å². The number of carbonyl (C=O) groups excluding carboxylic acids is 5. The number of ether oxygens (including phenoxy) is 1. The number of hydrogen-bond acceptors (Lipinski definition) is 10. The van der Waals surface area contributed by atoms with E-state index in [0.29, 0.717) is 23.4 Å². The number of anilines is 1. The number of hydrogen-bond donors (Lipinski definition) is 10. The molecule has 0 bridgehead atoms. The maximum atomic E-state index is 14.3. The Hall–Kier alpha value is -5.43. The van der Waals surface area contributed by atoms with Gasteiger partial charge in [-0.25, -0.2) is 9.36 Å². The van der Waals surface area contributed by atoms with Gasteiger partial charge in [0.2, 0.25) is 23.6 Å². The zero-order valence-corrected chi connectivity index (χ0v) is 30.5. The molecule has 0 heterocycles. The number of rotatable bonds is 18. The average molecular weight is 815 g/mol. The lowest BCUT2D eigenvalue weighted by Crippen LogP contribution is -2.64. The average Bonchev–Trinajstić information content (AvgIpc) is 3.06. The summed E-state index contributed by atoms with van der Waals surface area (Å²) in [7, 11) is -10.9. The SMILES string of the molecule is C[C@@](Cc1ccc(C(F)(F)P(=O)(O)O)cc1)(NC(=O)[C@H](Cc1ccc(OP(=O)(O)O)cc1)NC(=O)OCc1cccc(N)c1)C(=O)N[C@@H](CC(N)=O)C(N)=O. The first kappa shape index (κ1) is 44.0. The fraction of sp³-hybridized carbons (Fsp3) is 0.281. The van der Waals surface area contributed by atoms with Gasteiger partial charge in [-0.3, -0.25) is 33.5 Å². The van der Waals surface area contributed by atoms with Crippen molar-refractivity contribution in [2.75, 3.05) is 5.73 Å². The number of amides is 5. The summed E-state index contributed by atoms with van der Waals surface area (Å²) in [5.41, 5.74) is 9.69. The van der Waals surface area contributed by atoms with Gasteiger partial charge in [-0.2, -0.15) is 8.78 Å². The van der Waals surface area contributed by atoms with Crippen molar-refractivity contribution in [1.29, 1.82) is 0 Å². The number of phosphoric ester groups is 1. The van der Waals surface area contributed by atoms with Gasteiger partial charge in [0.1, 0.15) is 30.0 Å². The third kappa shape index (κ3) is 13.1. The maximum Gasteiger partial charge on any atom is 0.524 e. The quantitative estimate of drug-likeness (QED) is 0.0627. The van der Waals surface area contributed by atoms with E-state index in [4.69, 9.17) is 41.5 Å². The van der Waals surface area contributed by atoms with E-state index in [9.17, 15) is 41.9 Å². The zero-order chi connectivity index (χ0) is 41.4. The van der Waals surface area contributed by atoms with Crippen LogP contribution in [0.25, 0.3) is 0 Å². The molecule has 3 aromatic carbocycles. The largest absolute Gasteiger partial charge is 0.524 e. The number of benzene rings is 3. The number of primary amides is 2. The number of alkyl carbamates (subject to hydrolysis) is 1. The van der Waals surface area contributed by atoms with Crippen molar-refractivity contribution in [3.8, 4) is 5.75 Å². The number of alkyl halides is 2. The molecule has 0 aliphatic rings. The first-order valence-electron chi connectivity index (χ1n) is 15.7. The van der Waals surface area contributed by atoms with Gasteiger partial charge in [-0.15, -0.1) is 0 Å². The molecule has 19 nitrogen and oxygen atoms in total. The second kappa shape index (κ2) is 17.8. The molecule has 0 saturated carbocycles. The summed E-state index contributed by atoms with van der Waals surface area (Å²) in [5.74, 6) is -4.66. The molecule has 3 aromatic rings. The highest BCUT2D eigenvalue weighted by atomic mass is 31.2. The summed E-state index contributed by atoms with van der Waals surface area (Å²) in [6.45, 7) is 0.856. The molecule has 3 atom stereocenters. The van der Waals surface area contributed by atoms with Crippen molar-refractivity contribution < 1.29 is 70.7 Å². The van der Waals surface area contributed by atoms with Crippen LogP contribution in [0.3, 0.4) is 0 Å². The minimum atomic E-state index is -5.94. The van der Waals surface area contributed by atoms with Crippen molar-refractivity contribution in [2.24, 2.45) is 11.5 Å². The summed E-state index contributed by atoms with van der Waals surface area (Å²) in [6.07, 6.45) is -2.76. The van der Waals surface area contributed by atoms with Gasteiger partial charge >= 0.3 is 27.2 Å². The van der Waals surface area contributed by atoms with Crippen molar-refractivity contribution in [2.45, 2.75) is 56.1 Å². The van der Waals surface area contributed by atoms with E-state index in [2.05, 4.69) is 20.5 Å². The van der Waals surface area contributed by atoms with Gasteiger partial charge in [0.25, 0.3) is 0 Å². The molecule has 5 amide bonds. The third-order valence-electron chi connectivity index (χ3n) is 7.70. The lowest BCUT2D eigenvalue weighted by atomic mass is 9.90. The van der Waals surface area contributed by atoms with Crippen LogP contribution in [-0.4, -0.2) is 66.9 Å². The molecule has 0 saturated heterocycles. The molecule has 298 valence electrons. The van der Waals surface area contributed by atoms with Gasteiger partial charge in [-0.1, -0.05) is 48.5 Å². The Bertz CT molecular complexity index is 1990. The Morgan fingerprint density at radius 2 is 1.44 bits per heavy atom. The van der Waals surface area contributed by atoms with Crippen molar-refractivity contribution >= 4 is 50.8 Å². The van der Waals surface area contributed by atoms with E-state index in [1.54, 1.807) is 18.2 Å². The topological polar surface area (TPSA) is 333 Å². The number of phosphoric acid groups is 1. The van der Waals surface area contributed by atoms with Crippen molar-refractivity contribution in [3.05, 3.63) is 95.1 Å². The fourth-order valence-electron chi connectivity index (χ4n) is 4.97. The second-order valence-corrected chi connectivity index (χ2v) is 15.1. The van der Waals surface area contributed by atoms with Crippen LogP contribution < -0.4 is 37.7 Å². The monoisotopic (exact) mass is 814 g/mol. The van der Waals surface area contributed by atoms with Crippen LogP contribution >= 0.6 is 15.4 Å². The molecule has 0 aromatic heterocycles. The van der Waals surface area contributed by atoms with E-state index in [1.807, 2.05) is 0 Å². The van der Waals surface area contributed by atoms with Crippen LogP contribution in [0.2, 0.25) is 0 Å². The Labute approximate surface area is 311 Å². The summed E-state index contributed by atoms with van der Waals surface area (Å²) in [6, 6.07) is 11.4. The van der Waals surface area contributed by atoms with Crippen LogP contribution in [0.15, 0.2) is 72.8 Å². The predicted molar refractivity (Wildman–Crippen MR) is 188 cm³/mol. The molecule has 0 radical (unpaired) electrons. The van der Waals surface area contributed by atoms with E-state index >= 15 is 0 Å². The van der Waals surface area contributed by atoms with Crippen LogP contribution in [0.4, 0.5) is 19.3 Å². The number of nitrogens with two attached hydrogens (primary N) is 3. The lowest BCUT2D eigenvalue weighted by Gasteiger charge is -2.33. The first-order chi connectivity index (χ1) is 25.4. The van der Waals surface area contributed by atoms with Crippen molar-refractivity contribution in [1.82, 2.24) is 16.0 Å². The normalized spacial score (nSPS) is 14.0. The number of nitrogen functional groups attached to an aromatic ring is 1. The van der Waals surface area contributed by atoms with E-state index in [1.165, 1.54) is 30.3 Å². The van der Waals surface area contributed by atoms with Crippen LogP contribution in [0.1, 0.15) is 35.6 Å². The zero-order valence-electron chi connectivity index (χ0n) is 28.8.